The second-order valence-electron chi connectivity index (χ2n) is 4.10. The fourth-order valence-corrected chi connectivity index (χ4v) is 1.30. The normalized spacial score (nSPS) is 12.9. The lowest BCUT2D eigenvalue weighted by Gasteiger charge is -2.12. The van der Waals surface area contributed by atoms with Gasteiger partial charge in [0.2, 0.25) is 0 Å². The fraction of sp³-hybridized carbons (Fsp3) is 0.500. The molecule has 4 N–H and O–H groups in total. The van der Waals surface area contributed by atoms with Crippen LogP contribution in [0.15, 0.2) is 24.3 Å². The lowest BCUT2D eigenvalue weighted by atomic mass is 10.0. The van der Waals surface area contributed by atoms with Gasteiger partial charge in [-0.15, -0.1) is 0 Å². The maximum Gasteiger partial charge on any atom is 0.0599 e. The van der Waals surface area contributed by atoms with Crippen LogP contribution in [0.2, 0.25) is 0 Å². The Morgan fingerprint density at radius 2 is 1.87 bits per heavy atom. The van der Waals surface area contributed by atoms with Crippen LogP contribution < -0.4 is 11.1 Å². The second-order valence-corrected chi connectivity index (χ2v) is 4.10. The number of hydrogen-bond acceptors (Lipinski definition) is 3. The van der Waals surface area contributed by atoms with Crippen LogP contribution in [-0.4, -0.2) is 24.3 Å². The molecule has 1 atom stereocenters. The zero-order chi connectivity index (χ0) is 11.3. The number of anilines is 1. The molecule has 0 saturated heterocycles. The van der Waals surface area contributed by atoms with Crippen LogP contribution in [0.3, 0.4) is 0 Å². The Morgan fingerprint density at radius 3 is 2.33 bits per heavy atom. The van der Waals surface area contributed by atoms with Crippen molar-refractivity contribution < 1.29 is 5.11 Å². The van der Waals surface area contributed by atoms with E-state index in [2.05, 4.69) is 31.3 Å². The monoisotopic (exact) mass is 208 g/mol. The molecule has 0 radical (unpaired) electrons. The lowest BCUT2D eigenvalue weighted by molar-refractivity contribution is 0.270. The predicted octanol–water partition coefficient (Wildman–Crippen LogP) is 1.54. The average Bonchev–Trinajstić information content (AvgIpc) is 2.26. The zero-order valence-corrected chi connectivity index (χ0v) is 9.40. The van der Waals surface area contributed by atoms with Crippen LogP contribution >= 0.6 is 0 Å². The van der Waals surface area contributed by atoms with Gasteiger partial charge in [-0.2, -0.15) is 0 Å². The first-order chi connectivity index (χ1) is 7.13. The van der Waals surface area contributed by atoms with Crippen LogP contribution in [0.5, 0.6) is 0 Å². The minimum atomic E-state index is -0.199. The number of rotatable bonds is 5. The molecule has 0 saturated carbocycles. The quantitative estimate of drug-likeness (QED) is 0.688. The summed E-state index contributed by atoms with van der Waals surface area (Å²) in [4.78, 5) is 0. The maximum atomic E-state index is 8.76. The Bertz CT molecular complexity index is 282. The Morgan fingerprint density at radius 1 is 1.27 bits per heavy atom. The topological polar surface area (TPSA) is 58.3 Å². The van der Waals surface area contributed by atoms with E-state index in [1.54, 1.807) is 0 Å². The molecular weight excluding hydrogens is 188 g/mol. The SMILES string of the molecule is CC(C)c1ccc(NCC(N)CO)cc1. The van der Waals surface area contributed by atoms with Crippen LogP contribution in [0.1, 0.15) is 25.3 Å². The third-order valence-corrected chi connectivity index (χ3v) is 2.38. The summed E-state index contributed by atoms with van der Waals surface area (Å²) in [7, 11) is 0. The Kier molecular flexibility index (Phi) is 4.59. The zero-order valence-electron chi connectivity index (χ0n) is 9.40. The molecule has 3 nitrogen and oxygen atoms in total. The highest BCUT2D eigenvalue weighted by atomic mass is 16.3. The highest BCUT2D eigenvalue weighted by Gasteiger charge is 2.01. The molecular formula is C12H20N2O. The summed E-state index contributed by atoms with van der Waals surface area (Å²) in [6, 6.07) is 8.10. The summed E-state index contributed by atoms with van der Waals surface area (Å²) in [5, 5.41) is 11.9. The molecule has 1 aromatic carbocycles. The van der Waals surface area contributed by atoms with Gasteiger partial charge in [0.15, 0.2) is 0 Å². The van der Waals surface area contributed by atoms with E-state index < -0.39 is 0 Å². The summed E-state index contributed by atoms with van der Waals surface area (Å²) >= 11 is 0. The molecule has 1 rings (SSSR count). The van der Waals surface area contributed by atoms with E-state index in [1.807, 2.05) is 12.1 Å². The molecule has 0 heterocycles. The van der Waals surface area contributed by atoms with Gasteiger partial charge in [0.1, 0.15) is 0 Å². The first kappa shape index (κ1) is 12.0. The van der Waals surface area contributed by atoms with Gasteiger partial charge in [-0.1, -0.05) is 26.0 Å². The second kappa shape index (κ2) is 5.73. The summed E-state index contributed by atoms with van der Waals surface area (Å²) in [6.45, 7) is 4.95. The first-order valence-corrected chi connectivity index (χ1v) is 5.33. The molecule has 84 valence electrons. The van der Waals surface area contributed by atoms with Crippen molar-refractivity contribution >= 4 is 5.69 Å². The van der Waals surface area contributed by atoms with Crippen LogP contribution in [-0.2, 0) is 0 Å². The van der Waals surface area contributed by atoms with Crippen molar-refractivity contribution in [3.05, 3.63) is 29.8 Å². The molecule has 1 aromatic rings. The Hall–Kier alpha value is -1.06. The van der Waals surface area contributed by atoms with E-state index in [1.165, 1.54) is 5.56 Å². The third-order valence-electron chi connectivity index (χ3n) is 2.38. The maximum absolute atomic E-state index is 8.76. The number of nitrogens with two attached hydrogens (primary N) is 1. The number of hydrogen-bond donors (Lipinski definition) is 3. The van der Waals surface area contributed by atoms with Crippen molar-refractivity contribution in [1.29, 1.82) is 0 Å². The predicted molar refractivity (Wildman–Crippen MR) is 64.1 cm³/mol. The molecule has 0 aliphatic carbocycles. The van der Waals surface area contributed by atoms with Crippen LogP contribution in [0.4, 0.5) is 5.69 Å². The van der Waals surface area contributed by atoms with E-state index in [-0.39, 0.29) is 12.6 Å². The molecule has 0 amide bonds. The van der Waals surface area contributed by atoms with Gasteiger partial charge in [-0.3, -0.25) is 0 Å². The average molecular weight is 208 g/mol. The van der Waals surface area contributed by atoms with E-state index in [4.69, 9.17) is 10.8 Å². The molecule has 0 aliphatic heterocycles. The van der Waals surface area contributed by atoms with Gasteiger partial charge in [0, 0.05) is 18.3 Å². The van der Waals surface area contributed by atoms with Gasteiger partial charge < -0.3 is 16.2 Å². The molecule has 0 bridgehead atoms. The highest BCUT2D eigenvalue weighted by molar-refractivity contribution is 5.45. The summed E-state index contributed by atoms with van der Waals surface area (Å²) < 4.78 is 0. The molecule has 0 fully saturated rings. The van der Waals surface area contributed by atoms with Crippen molar-refractivity contribution in [2.75, 3.05) is 18.5 Å². The summed E-state index contributed by atoms with van der Waals surface area (Å²) in [5.74, 6) is 0.554. The van der Waals surface area contributed by atoms with Gasteiger partial charge in [-0.25, -0.2) is 0 Å². The third kappa shape index (κ3) is 3.90. The smallest absolute Gasteiger partial charge is 0.0599 e. The first-order valence-electron chi connectivity index (χ1n) is 5.33. The van der Waals surface area contributed by atoms with Crippen molar-refractivity contribution in [3.8, 4) is 0 Å². The molecule has 0 spiro atoms. The standard InChI is InChI=1S/C12H20N2O/c1-9(2)10-3-5-12(6-4-10)14-7-11(13)8-15/h3-6,9,11,14-15H,7-8,13H2,1-2H3. The number of aliphatic hydroxyl groups is 1. The molecule has 0 aromatic heterocycles. The highest BCUT2D eigenvalue weighted by Crippen LogP contribution is 2.16. The number of nitrogens with one attached hydrogen (secondary N) is 1. The molecule has 0 aliphatic rings. The van der Waals surface area contributed by atoms with Gasteiger partial charge in [0.25, 0.3) is 0 Å². The molecule has 1 unspecified atom stereocenters. The largest absolute Gasteiger partial charge is 0.395 e. The van der Waals surface area contributed by atoms with Crippen molar-refractivity contribution in [2.24, 2.45) is 5.73 Å². The van der Waals surface area contributed by atoms with E-state index >= 15 is 0 Å². The van der Waals surface area contributed by atoms with E-state index in [0.717, 1.165) is 5.69 Å². The molecule has 3 heteroatoms. The minimum absolute atomic E-state index is 0.0110. The number of aliphatic hydroxyl groups excluding tert-OH is 1. The van der Waals surface area contributed by atoms with Crippen LogP contribution in [0.25, 0.3) is 0 Å². The van der Waals surface area contributed by atoms with Gasteiger partial charge in [-0.05, 0) is 23.6 Å². The van der Waals surface area contributed by atoms with Crippen molar-refractivity contribution in [2.45, 2.75) is 25.8 Å². The van der Waals surface area contributed by atoms with Crippen molar-refractivity contribution in [3.63, 3.8) is 0 Å². The summed E-state index contributed by atoms with van der Waals surface area (Å²) in [5.41, 5.74) is 7.96. The van der Waals surface area contributed by atoms with E-state index in [0.29, 0.717) is 12.5 Å². The Labute approximate surface area is 91.3 Å². The Balaban J connectivity index is 2.50. The van der Waals surface area contributed by atoms with Gasteiger partial charge >= 0.3 is 0 Å². The number of benzene rings is 1. The van der Waals surface area contributed by atoms with Gasteiger partial charge in [0.05, 0.1) is 6.61 Å². The summed E-state index contributed by atoms with van der Waals surface area (Å²) in [6.07, 6.45) is 0. The van der Waals surface area contributed by atoms with E-state index in [9.17, 15) is 0 Å². The molecule has 15 heavy (non-hydrogen) atoms. The minimum Gasteiger partial charge on any atom is -0.395 e. The lowest BCUT2D eigenvalue weighted by Crippen LogP contribution is -2.32. The van der Waals surface area contributed by atoms with Crippen molar-refractivity contribution in [1.82, 2.24) is 0 Å². The fourth-order valence-electron chi connectivity index (χ4n) is 1.30. The van der Waals surface area contributed by atoms with Crippen LogP contribution in [0, 0.1) is 0 Å².